The summed E-state index contributed by atoms with van der Waals surface area (Å²) in [5, 5.41) is 0.670. The third-order valence-electron chi connectivity index (χ3n) is 2.73. The van der Waals surface area contributed by atoms with Crippen molar-refractivity contribution in [1.29, 1.82) is 0 Å². The van der Waals surface area contributed by atoms with Crippen LogP contribution in [-0.4, -0.2) is 72.5 Å². The molecule has 0 unspecified atom stereocenters. The van der Waals surface area contributed by atoms with Gasteiger partial charge in [-0.15, -0.1) is 4.28 Å². The molecule has 0 saturated carbocycles. The molecule has 0 aromatic carbocycles. The third kappa shape index (κ3) is 1.57. The van der Waals surface area contributed by atoms with Crippen LogP contribution < -0.4 is 0 Å². The second-order valence-corrected chi connectivity index (χ2v) is 4.80. The maximum atomic E-state index is 14.0. The fourth-order valence-electron chi connectivity index (χ4n) is 2.05. The molecule has 1 radical (unpaired) electrons. The molecule has 10 heteroatoms. The average molecular weight is 261 g/mol. The number of hydrogen-bond acceptors (Lipinski definition) is 5. The molecular formula is C6H7FN2NaO5S. The van der Waals surface area contributed by atoms with Crippen molar-refractivity contribution < 1.29 is 26.1 Å². The Bertz CT molecular complexity index is 444. The molecule has 3 fully saturated rings. The van der Waals surface area contributed by atoms with Crippen molar-refractivity contribution in [2.45, 2.75) is 24.9 Å². The van der Waals surface area contributed by atoms with Gasteiger partial charge in [-0.05, 0) is 6.42 Å². The maximum Gasteiger partial charge on any atom is 0.425 e. The molecule has 2 amide bonds. The zero-order chi connectivity index (χ0) is 10.8. The number of hydrogen-bond donors (Lipinski definition) is 0. The van der Waals surface area contributed by atoms with Crippen molar-refractivity contribution in [3.63, 3.8) is 0 Å². The zero-order valence-electron chi connectivity index (χ0n) is 8.42. The van der Waals surface area contributed by atoms with Gasteiger partial charge in [-0.3, -0.25) is 4.90 Å². The van der Waals surface area contributed by atoms with Crippen LogP contribution in [0, 0.1) is 0 Å². The van der Waals surface area contributed by atoms with E-state index < -0.39 is 28.5 Å². The van der Waals surface area contributed by atoms with Crippen molar-refractivity contribution in [3.05, 3.63) is 0 Å². The molecule has 16 heavy (non-hydrogen) atoms. The quantitative estimate of drug-likeness (QED) is 0.427. The van der Waals surface area contributed by atoms with Crippen LogP contribution in [0.25, 0.3) is 0 Å². The van der Waals surface area contributed by atoms with Crippen LogP contribution in [0.4, 0.5) is 9.18 Å². The molecule has 0 aliphatic carbocycles. The number of fused-ring (bicyclic) bond motifs is 3. The minimum absolute atomic E-state index is 0. The second-order valence-electron chi connectivity index (χ2n) is 3.67. The van der Waals surface area contributed by atoms with Gasteiger partial charge in [0, 0.05) is 36.0 Å². The van der Waals surface area contributed by atoms with Crippen LogP contribution in [0.5, 0.6) is 0 Å². The minimum Gasteiger partial charge on any atom is -0.264 e. The van der Waals surface area contributed by atoms with Gasteiger partial charge in [0.05, 0.1) is 12.6 Å². The molecule has 3 bridgehead atoms. The van der Waals surface area contributed by atoms with E-state index in [9.17, 15) is 17.6 Å². The van der Waals surface area contributed by atoms with Crippen molar-refractivity contribution in [2.75, 3.05) is 6.54 Å². The predicted octanol–water partition coefficient (Wildman–Crippen LogP) is -0.664. The molecule has 2 atom stereocenters. The molecule has 3 aliphatic rings. The number of nitrogens with zero attached hydrogens (tertiary/aromatic N) is 2. The largest absolute Gasteiger partial charge is 0.425 e. The number of halogens is 1. The topological polar surface area (TPSA) is 76.1 Å². The van der Waals surface area contributed by atoms with E-state index in [2.05, 4.69) is 8.47 Å². The summed E-state index contributed by atoms with van der Waals surface area (Å²) in [6, 6.07) is -1.22. The summed E-state index contributed by atoms with van der Waals surface area (Å²) in [5.41, 5.74) is 0. The summed E-state index contributed by atoms with van der Waals surface area (Å²) in [5.74, 6) is -2.59. The number of urea groups is 1. The Morgan fingerprint density at radius 2 is 2.19 bits per heavy atom. The van der Waals surface area contributed by atoms with Gasteiger partial charge in [0.2, 0.25) is 0 Å². The Kier molecular flexibility index (Phi) is 2.76. The van der Waals surface area contributed by atoms with Crippen molar-refractivity contribution in [1.82, 2.24) is 9.96 Å². The summed E-state index contributed by atoms with van der Waals surface area (Å²) >= 11 is 0. The van der Waals surface area contributed by atoms with Gasteiger partial charge in [-0.1, -0.05) is 0 Å². The maximum absolute atomic E-state index is 14.0. The fraction of sp³-hybridized carbons (Fsp3) is 0.833. The number of amides is 2. The average Bonchev–Trinajstić information content (AvgIpc) is 2.32. The number of carbonyl (C=O) groups excluding carboxylic acids is 1. The van der Waals surface area contributed by atoms with E-state index in [1.807, 2.05) is 0 Å². The van der Waals surface area contributed by atoms with E-state index in [1.165, 1.54) is 0 Å². The predicted molar refractivity (Wildman–Crippen MR) is 47.6 cm³/mol. The molecule has 85 valence electrons. The van der Waals surface area contributed by atoms with Crippen LogP contribution in [-0.2, 0) is 18.9 Å². The molecule has 3 saturated heterocycles. The Labute approximate surface area is 113 Å². The van der Waals surface area contributed by atoms with E-state index in [0.29, 0.717) is 11.5 Å². The van der Waals surface area contributed by atoms with Crippen LogP contribution in [0.2, 0.25) is 0 Å². The summed E-state index contributed by atoms with van der Waals surface area (Å²) in [7, 11) is -4.48. The van der Waals surface area contributed by atoms with E-state index in [4.69, 9.17) is 0 Å². The zero-order valence-corrected chi connectivity index (χ0v) is 11.2. The van der Waals surface area contributed by atoms with E-state index in [-0.39, 0.29) is 42.5 Å². The summed E-state index contributed by atoms with van der Waals surface area (Å²) in [6.07, 6.45) is 0.150. The van der Waals surface area contributed by atoms with E-state index in [0.717, 1.165) is 4.90 Å². The fourth-order valence-corrected chi connectivity index (χ4v) is 2.95. The van der Waals surface area contributed by atoms with Gasteiger partial charge in [-0.25, -0.2) is 4.79 Å². The smallest absolute Gasteiger partial charge is 0.264 e. The van der Waals surface area contributed by atoms with Gasteiger partial charge in [-0.2, -0.15) is 22.1 Å². The van der Waals surface area contributed by atoms with Crippen LogP contribution in [0.3, 0.4) is 0 Å². The van der Waals surface area contributed by atoms with Crippen LogP contribution >= 0.6 is 0 Å². The number of alkyl halides is 1. The van der Waals surface area contributed by atoms with E-state index in [1.54, 1.807) is 0 Å². The first-order chi connectivity index (χ1) is 6.91. The monoisotopic (exact) mass is 261 g/mol. The first kappa shape index (κ1) is 12.5. The van der Waals surface area contributed by atoms with E-state index >= 15 is 0 Å². The van der Waals surface area contributed by atoms with Gasteiger partial charge in [0.1, 0.15) is 0 Å². The second kappa shape index (κ2) is 3.53. The van der Waals surface area contributed by atoms with Crippen molar-refractivity contribution >= 4 is 46.0 Å². The normalized spacial score (nSPS) is 39.6. The number of rotatable bonds is 0. The first-order valence-corrected chi connectivity index (χ1v) is 5.70. The summed E-state index contributed by atoms with van der Waals surface area (Å²) < 4.78 is 44.8. The Hall–Kier alpha value is 0.0700. The Morgan fingerprint density at radius 1 is 1.50 bits per heavy atom. The van der Waals surface area contributed by atoms with Crippen molar-refractivity contribution in [2.24, 2.45) is 0 Å². The van der Waals surface area contributed by atoms with Crippen molar-refractivity contribution in [3.8, 4) is 0 Å². The molecule has 3 heterocycles. The number of hydroxylamine groups is 2. The van der Waals surface area contributed by atoms with Gasteiger partial charge >= 0.3 is 22.4 Å². The molecule has 0 N–H and O–H groups in total. The summed E-state index contributed by atoms with van der Waals surface area (Å²) in [6.45, 7) is 0.0881. The third-order valence-corrected chi connectivity index (χ3v) is 3.54. The van der Waals surface area contributed by atoms with Gasteiger partial charge < -0.3 is 0 Å². The van der Waals surface area contributed by atoms with Gasteiger partial charge in [0.15, 0.2) is 0 Å². The van der Waals surface area contributed by atoms with Crippen LogP contribution in [0.15, 0.2) is 0 Å². The number of carbonyl (C=O) groups is 1. The molecule has 0 aromatic heterocycles. The van der Waals surface area contributed by atoms with Crippen LogP contribution in [0.1, 0.15) is 12.8 Å². The molecule has 3 aliphatic heterocycles. The Morgan fingerprint density at radius 3 is 2.88 bits per heavy atom. The SMILES string of the molecule is O=C1N2OS(=O)(=O)O[C@@]3(F)CC[C@@H]2CN13.[Na]. The molecule has 0 aromatic rings. The molecule has 3 rings (SSSR count). The molecule has 0 spiro atoms. The molecular weight excluding hydrogens is 254 g/mol. The minimum atomic E-state index is -4.48. The van der Waals surface area contributed by atoms with Gasteiger partial charge in [0.25, 0.3) is 0 Å². The standard InChI is InChI=1S/C6H7FN2O5S.Na/c7-6-2-1-4-3-8(6)5(10)9(4)14-15(11,12)13-6;/h4H,1-3H2;/t4-,6-;/m1./s1. The Balaban J connectivity index is 0.000000963. The first-order valence-electron chi connectivity index (χ1n) is 4.36. The summed E-state index contributed by atoms with van der Waals surface area (Å²) in [4.78, 5) is 12.2. The number of piperidine rings is 1. The molecule has 7 nitrogen and oxygen atoms in total.